The van der Waals surface area contributed by atoms with E-state index >= 15 is 0 Å². The number of hydrogen-bond donors (Lipinski definition) is 1. The lowest BCUT2D eigenvalue weighted by Crippen LogP contribution is -2.23. The summed E-state index contributed by atoms with van der Waals surface area (Å²) in [6, 6.07) is 7.17. The quantitative estimate of drug-likeness (QED) is 0.747. The molecular weight excluding hydrogens is 330 g/mol. The predicted molar refractivity (Wildman–Crippen MR) is 92.8 cm³/mol. The van der Waals surface area contributed by atoms with E-state index < -0.39 is 0 Å². The molecule has 2 rings (SSSR count). The van der Waals surface area contributed by atoms with Crippen LogP contribution < -0.4 is 5.32 Å². The summed E-state index contributed by atoms with van der Waals surface area (Å²) in [5.41, 5.74) is 5.34. The summed E-state index contributed by atoms with van der Waals surface area (Å²) in [6.45, 7) is 9.74. The molecule has 108 valence electrons. The van der Waals surface area contributed by atoms with Gasteiger partial charge in [0.15, 0.2) is 0 Å². The van der Waals surface area contributed by atoms with Gasteiger partial charge in [0, 0.05) is 9.35 Å². The van der Waals surface area contributed by atoms with Gasteiger partial charge in [0.05, 0.1) is 6.04 Å². The number of thiophene rings is 1. The second-order valence-corrected chi connectivity index (χ2v) is 7.25. The van der Waals surface area contributed by atoms with Gasteiger partial charge in [-0.1, -0.05) is 35.0 Å². The Morgan fingerprint density at radius 1 is 1.10 bits per heavy atom. The fourth-order valence-corrected chi connectivity index (χ4v) is 3.44. The lowest BCUT2D eigenvalue weighted by atomic mass is 9.97. The maximum atomic E-state index is 3.68. The van der Waals surface area contributed by atoms with Gasteiger partial charge in [-0.3, -0.25) is 0 Å². The van der Waals surface area contributed by atoms with E-state index in [1.807, 2.05) is 11.3 Å². The minimum Gasteiger partial charge on any atom is -0.306 e. The Morgan fingerprint density at radius 2 is 1.75 bits per heavy atom. The molecule has 1 aromatic carbocycles. The Bertz CT molecular complexity index is 565. The summed E-state index contributed by atoms with van der Waals surface area (Å²) in [5.74, 6) is 0. The van der Waals surface area contributed by atoms with Crippen LogP contribution in [0.4, 0.5) is 0 Å². The molecule has 3 heteroatoms. The molecule has 0 fully saturated rings. The summed E-state index contributed by atoms with van der Waals surface area (Å²) < 4.78 is 1.22. The largest absolute Gasteiger partial charge is 0.306 e. The van der Waals surface area contributed by atoms with Crippen molar-refractivity contribution in [3.8, 4) is 0 Å². The number of benzene rings is 1. The average molecular weight is 352 g/mol. The summed E-state index contributed by atoms with van der Waals surface area (Å²) in [6.07, 6.45) is 1.15. The second-order valence-electron chi connectivity index (χ2n) is 5.35. The van der Waals surface area contributed by atoms with E-state index in [2.05, 4.69) is 72.5 Å². The number of nitrogens with one attached hydrogen (secondary N) is 1. The first-order valence-electron chi connectivity index (χ1n) is 7.08. The molecule has 1 nitrogen and oxygen atoms in total. The summed E-state index contributed by atoms with van der Waals surface area (Å²) in [7, 11) is 0. The van der Waals surface area contributed by atoms with Crippen molar-refractivity contribution in [2.45, 2.75) is 40.2 Å². The molecule has 0 aliphatic heterocycles. The number of rotatable bonds is 5. The highest BCUT2D eigenvalue weighted by atomic mass is 79.9. The topological polar surface area (TPSA) is 12.0 Å². The van der Waals surface area contributed by atoms with E-state index in [9.17, 15) is 0 Å². The van der Waals surface area contributed by atoms with Crippen LogP contribution in [0.15, 0.2) is 28.1 Å². The fraction of sp³-hybridized carbons (Fsp3) is 0.412. The zero-order valence-electron chi connectivity index (χ0n) is 12.6. The van der Waals surface area contributed by atoms with Crippen molar-refractivity contribution in [2.75, 3.05) is 6.54 Å². The molecule has 0 radical (unpaired) electrons. The maximum absolute atomic E-state index is 3.68. The van der Waals surface area contributed by atoms with E-state index in [4.69, 9.17) is 0 Å². The molecule has 1 atom stereocenters. The third-order valence-electron chi connectivity index (χ3n) is 3.47. The molecule has 0 spiro atoms. The summed E-state index contributed by atoms with van der Waals surface area (Å²) in [5, 5.41) is 5.95. The Kier molecular flexibility index (Phi) is 5.42. The minimum atomic E-state index is 0.297. The van der Waals surface area contributed by atoms with Gasteiger partial charge < -0.3 is 5.32 Å². The van der Waals surface area contributed by atoms with Gasteiger partial charge in [-0.05, 0) is 67.4 Å². The molecule has 1 unspecified atom stereocenters. The van der Waals surface area contributed by atoms with Crippen LogP contribution in [-0.4, -0.2) is 6.54 Å². The first kappa shape index (κ1) is 15.7. The number of halogens is 1. The Labute approximate surface area is 134 Å². The molecule has 0 aliphatic rings. The van der Waals surface area contributed by atoms with Crippen LogP contribution in [0.3, 0.4) is 0 Å². The van der Waals surface area contributed by atoms with Crippen LogP contribution in [-0.2, 0) is 0 Å². The molecule has 0 saturated heterocycles. The zero-order valence-corrected chi connectivity index (χ0v) is 15.0. The lowest BCUT2D eigenvalue weighted by molar-refractivity contribution is 0.599. The fourth-order valence-electron chi connectivity index (χ4n) is 2.48. The first-order valence-corrected chi connectivity index (χ1v) is 8.75. The molecule has 0 aliphatic carbocycles. The monoisotopic (exact) mass is 351 g/mol. The van der Waals surface area contributed by atoms with Gasteiger partial charge in [0.2, 0.25) is 0 Å². The van der Waals surface area contributed by atoms with Crippen LogP contribution in [0, 0.1) is 20.8 Å². The second kappa shape index (κ2) is 6.88. The molecule has 0 saturated carbocycles. The van der Waals surface area contributed by atoms with Crippen molar-refractivity contribution in [3.05, 3.63) is 55.2 Å². The van der Waals surface area contributed by atoms with Crippen LogP contribution in [0.25, 0.3) is 0 Å². The average Bonchev–Trinajstić information content (AvgIpc) is 2.83. The molecule has 1 N–H and O–H groups in total. The third-order valence-corrected chi connectivity index (χ3v) is 5.61. The van der Waals surface area contributed by atoms with Gasteiger partial charge in [0.1, 0.15) is 0 Å². The van der Waals surface area contributed by atoms with Crippen molar-refractivity contribution in [2.24, 2.45) is 0 Å². The van der Waals surface area contributed by atoms with E-state index in [1.54, 1.807) is 0 Å². The van der Waals surface area contributed by atoms with E-state index in [0.717, 1.165) is 13.0 Å². The van der Waals surface area contributed by atoms with Crippen LogP contribution in [0.2, 0.25) is 0 Å². The van der Waals surface area contributed by atoms with Crippen molar-refractivity contribution in [1.29, 1.82) is 0 Å². The van der Waals surface area contributed by atoms with E-state index in [0.29, 0.717) is 6.04 Å². The van der Waals surface area contributed by atoms with Crippen molar-refractivity contribution in [3.63, 3.8) is 0 Å². The van der Waals surface area contributed by atoms with Crippen LogP contribution in [0.1, 0.15) is 46.5 Å². The SMILES string of the molecule is CCCNC(c1csc(C)c1)c1cc(C)c(Br)c(C)c1. The molecule has 1 heterocycles. The van der Waals surface area contributed by atoms with Crippen LogP contribution in [0.5, 0.6) is 0 Å². The van der Waals surface area contributed by atoms with Crippen molar-refractivity contribution in [1.82, 2.24) is 5.32 Å². The third kappa shape index (κ3) is 3.51. The van der Waals surface area contributed by atoms with Crippen molar-refractivity contribution < 1.29 is 0 Å². The Morgan fingerprint density at radius 3 is 2.25 bits per heavy atom. The molecule has 0 bridgehead atoms. The van der Waals surface area contributed by atoms with Gasteiger partial charge in [0.25, 0.3) is 0 Å². The highest BCUT2D eigenvalue weighted by Crippen LogP contribution is 2.30. The van der Waals surface area contributed by atoms with Crippen molar-refractivity contribution >= 4 is 27.3 Å². The standard InChI is InChI=1S/C17H22BrNS/c1-5-6-19-17(15-9-13(4)20-10-15)14-7-11(2)16(18)12(3)8-14/h7-10,17,19H,5-6H2,1-4H3. The summed E-state index contributed by atoms with van der Waals surface area (Å²) >= 11 is 5.48. The Balaban J connectivity index is 2.40. The molecular formula is C17H22BrNS. The summed E-state index contributed by atoms with van der Waals surface area (Å²) in [4.78, 5) is 1.37. The maximum Gasteiger partial charge on any atom is 0.0585 e. The van der Waals surface area contributed by atoms with E-state index in [-0.39, 0.29) is 0 Å². The highest BCUT2D eigenvalue weighted by molar-refractivity contribution is 9.10. The lowest BCUT2D eigenvalue weighted by Gasteiger charge is -2.20. The first-order chi connectivity index (χ1) is 9.52. The molecule has 1 aromatic heterocycles. The molecule has 0 amide bonds. The van der Waals surface area contributed by atoms with E-state index in [1.165, 1.54) is 31.6 Å². The smallest absolute Gasteiger partial charge is 0.0585 e. The number of aryl methyl sites for hydroxylation is 3. The van der Waals surface area contributed by atoms with Gasteiger partial charge in [-0.25, -0.2) is 0 Å². The number of hydrogen-bond acceptors (Lipinski definition) is 2. The van der Waals surface area contributed by atoms with Gasteiger partial charge >= 0.3 is 0 Å². The van der Waals surface area contributed by atoms with Gasteiger partial charge in [-0.15, -0.1) is 11.3 Å². The zero-order chi connectivity index (χ0) is 14.7. The highest BCUT2D eigenvalue weighted by Gasteiger charge is 2.16. The Hall–Kier alpha value is -0.640. The normalized spacial score (nSPS) is 12.7. The molecule has 20 heavy (non-hydrogen) atoms. The van der Waals surface area contributed by atoms with Crippen LogP contribution >= 0.6 is 27.3 Å². The minimum absolute atomic E-state index is 0.297. The molecule has 2 aromatic rings. The van der Waals surface area contributed by atoms with Gasteiger partial charge in [-0.2, -0.15) is 0 Å². The predicted octanol–water partition coefficient (Wildman–Crippen LogP) is 5.52.